The monoisotopic (exact) mass is 354 g/mol. The van der Waals surface area contributed by atoms with Crippen molar-refractivity contribution in [1.29, 1.82) is 0 Å². The molecule has 1 N–H and O–H groups in total. The molecule has 0 aromatic heterocycles. The first-order chi connectivity index (χ1) is 11.5. The minimum absolute atomic E-state index is 0.0269. The zero-order valence-corrected chi connectivity index (χ0v) is 16.0. The first-order valence-corrected chi connectivity index (χ1v) is 11.0. The molecule has 0 aliphatic heterocycles. The molecule has 3 nitrogen and oxygen atoms in total. The zero-order valence-electron chi connectivity index (χ0n) is 15.2. The second-order valence-electron chi connectivity index (χ2n) is 6.76. The van der Waals surface area contributed by atoms with Gasteiger partial charge in [-0.2, -0.15) is 8.42 Å². The molecule has 0 aliphatic rings. The van der Waals surface area contributed by atoms with Gasteiger partial charge in [-0.25, -0.2) is 0 Å². The van der Waals surface area contributed by atoms with Crippen molar-refractivity contribution in [2.45, 2.75) is 95.3 Å². The third kappa shape index (κ3) is 10.1. The fraction of sp³-hybridized carbons (Fsp3) is 0.700. The van der Waals surface area contributed by atoms with Crippen molar-refractivity contribution in [3.05, 3.63) is 29.8 Å². The molecule has 0 unspecified atom stereocenters. The first kappa shape index (κ1) is 21.2. The fourth-order valence-corrected chi connectivity index (χ4v) is 3.48. The van der Waals surface area contributed by atoms with Crippen LogP contribution in [0.4, 0.5) is 0 Å². The molecule has 0 radical (unpaired) electrons. The molecule has 24 heavy (non-hydrogen) atoms. The van der Waals surface area contributed by atoms with Crippen LogP contribution in [0.1, 0.15) is 89.5 Å². The molecular formula is C20H34O3S. The van der Waals surface area contributed by atoms with Crippen LogP contribution in [0, 0.1) is 0 Å². The summed E-state index contributed by atoms with van der Waals surface area (Å²) in [5, 5.41) is 0. The summed E-state index contributed by atoms with van der Waals surface area (Å²) in [6.07, 6.45) is 17.0. The van der Waals surface area contributed by atoms with Gasteiger partial charge in [-0.15, -0.1) is 0 Å². The summed E-state index contributed by atoms with van der Waals surface area (Å²) in [4.78, 5) is -0.0269. The van der Waals surface area contributed by atoms with Gasteiger partial charge in [0.2, 0.25) is 0 Å². The Hall–Kier alpha value is -0.870. The van der Waals surface area contributed by atoms with Crippen LogP contribution in [-0.4, -0.2) is 13.0 Å². The van der Waals surface area contributed by atoms with E-state index in [1.54, 1.807) is 12.1 Å². The van der Waals surface area contributed by atoms with E-state index < -0.39 is 10.1 Å². The van der Waals surface area contributed by atoms with E-state index in [0.717, 1.165) is 18.4 Å². The number of aryl methyl sites for hydroxylation is 1. The van der Waals surface area contributed by atoms with E-state index in [1.165, 1.54) is 82.8 Å². The summed E-state index contributed by atoms with van der Waals surface area (Å²) in [7, 11) is -4.07. The second kappa shape index (κ2) is 12.5. The van der Waals surface area contributed by atoms with E-state index in [9.17, 15) is 8.42 Å². The molecule has 0 spiro atoms. The van der Waals surface area contributed by atoms with Crippen LogP contribution >= 0.6 is 0 Å². The Balaban J connectivity index is 1.97. The first-order valence-electron chi connectivity index (χ1n) is 9.60. The highest BCUT2D eigenvalue weighted by atomic mass is 32.2. The zero-order chi connectivity index (χ0) is 17.7. The van der Waals surface area contributed by atoms with Gasteiger partial charge in [0.05, 0.1) is 4.90 Å². The normalized spacial score (nSPS) is 11.8. The summed E-state index contributed by atoms with van der Waals surface area (Å²) < 4.78 is 30.9. The molecule has 0 bridgehead atoms. The number of benzene rings is 1. The third-order valence-electron chi connectivity index (χ3n) is 4.54. The molecule has 1 aromatic rings. The van der Waals surface area contributed by atoms with E-state index in [0.29, 0.717) is 0 Å². The molecule has 138 valence electrons. The summed E-state index contributed by atoms with van der Waals surface area (Å²) in [5.41, 5.74) is 1.13. The highest BCUT2D eigenvalue weighted by Gasteiger charge is 2.08. The van der Waals surface area contributed by atoms with Gasteiger partial charge in [0.15, 0.2) is 0 Å². The van der Waals surface area contributed by atoms with E-state index in [4.69, 9.17) is 4.55 Å². The van der Waals surface area contributed by atoms with E-state index in [2.05, 4.69) is 6.92 Å². The summed E-state index contributed by atoms with van der Waals surface area (Å²) in [5.74, 6) is 0. The second-order valence-corrected chi connectivity index (χ2v) is 8.18. The lowest BCUT2D eigenvalue weighted by molar-refractivity contribution is 0.483. The summed E-state index contributed by atoms with van der Waals surface area (Å²) in [6.45, 7) is 2.26. The average Bonchev–Trinajstić information content (AvgIpc) is 2.55. The smallest absolute Gasteiger partial charge is 0.282 e. The quantitative estimate of drug-likeness (QED) is 0.321. The van der Waals surface area contributed by atoms with Gasteiger partial charge in [-0.3, -0.25) is 4.55 Å². The highest BCUT2D eigenvalue weighted by Crippen LogP contribution is 2.15. The van der Waals surface area contributed by atoms with Gasteiger partial charge in [-0.1, -0.05) is 89.7 Å². The van der Waals surface area contributed by atoms with Crippen LogP contribution in [0.25, 0.3) is 0 Å². The Morgan fingerprint density at radius 1 is 0.708 bits per heavy atom. The van der Waals surface area contributed by atoms with Gasteiger partial charge in [0, 0.05) is 0 Å². The van der Waals surface area contributed by atoms with E-state index in [1.807, 2.05) is 0 Å². The van der Waals surface area contributed by atoms with Crippen molar-refractivity contribution < 1.29 is 13.0 Å². The minimum Gasteiger partial charge on any atom is -0.282 e. The molecule has 4 heteroatoms. The largest absolute Gasteiger partial charge is 0.294 e. The predicted molar refractivity (Wildman–Crippen MR) is 101 cm³/mol. The molecule has 0 heterocycles. The highest BCUT2D eigenvalue weighted by molar-refractivity contribution is 7.85. The summed E-state index contributed by atoms with van der Waals surface area (Å²) >= 11 is 0. The van der Waals surface area contributed by atoms with Crippen LogP contribution in [0.3, 0.4) is 0 Å². The molecule has 1 aromatic carbocycles. The fourth-order valence-electron chi connectivity index (χ4n) is 3.00. The van der Waals surface area contributed by atoms with E-state index in [-0.39, 0.29) is 4.90 Å². The molecule has 0 aliphatic carbocycles. The van der Waals surface area contributed by atoms with Gasteiger partial charge in [0.1, 0.15) is 0 Å². The maximum Gasteiger partial charge on any atom is 0.294 e. The Kier molecular flexibility index (Phi) is 11.0. The average molecular weight is 355 g/mol. The molecule has 0 amide bonds. The standard InChI is InChI=1S/C20H34O3S/c1-2-3-4-5-6-7-8-9-10-11-12-13-14-19-15-17-20(18-16-19)24(21,22)23/h15-18H,2-14H2,1H3,(H,21,22,23). The van der Waals surface area contributed by atoms with Crippen molar-refractivity contribution in [3.63, 3.8) is 0 Å². The van der Waals surface area contributed by atoms with Crippen molar-refractivity contribution in [3.8, 4) is 0 Å². The summed E-state index contributed by atoms with van der Waals surface area (Å²) in [6, 6.07) is 6.54. The number of hydrogen-bond acceptors (Lipinski definition) is 2. The van der Waals surface area contributed by atoms with Gasteiger partial charge < -0.3 is 0 Å². The topological polar surface area (TPSA) is 54.4 Å². The maximum absolute atomic E-state index is 11.0. The van der Waals surface area contributed by atoms with Crippen molar-refractivity contribution in [1.82, 2.24) is 0 Å². The predicted octanol–water partition coefficient (Wildman–Crippen LogP) is 6.18. The van der Waals surface area contributed by atoms with Gasteiger partial charge >= 0.3 is 0 Å². The van der Waals surface area contributed by atoms with Crippen LogP contribution < -0.4 is 0 Å². The Labute approximate surface area is 148 Å². The molecular weight excluding hydrogens is 320 g/mol. The van der Waals surface area contributed by atoms with Gasteiger partial charge in [-0.05, 0) is 30.5 Å². The SMILES string of the molecule is CCCCCCCCCCCCCCc1ccc(S(=O)(=O)O)cc1. The third-order valence-corrected chi connectivity index (χ3v) is 5.41. The molecule has 0 fully saturated rings. The van der Waals surface area contributed by atoms with Crippen molar-refractivity contribution >= 4 is 10.1 Å². The van der Waals surface area contributed by atoms with Crippen LogP contribution in [0.5, 0.6) is 0 Å². The Morgan fingerprint density at radius 2 is 1.12 bits per heavy atom. The lowest BCUT2D eigenvalue weighted by Gasteiger charge is -2.04. The number of hydrogen-bond donors (Lipinski definition) is 1. The number of unbranched alkanes of at least 4 members (excludes halogenated alkanes) is 11. The van der Waals surface area contributed by atoms with E-state index >= 15 is 0 Å². The van der Waals surface area contributed by atoms with Crippen molar-refractivity contribution in [2.75, 3.05) is 0 Å². The maximum atomic E-state index is 11.0. The lowest BCUT2D eigenvalue weighted by atomic mass is 10.0. The number of rotatable bonds is 14. The van der Waals surface area contributed by atoms with Crippen LogP contribution in [-0.2, 0) is 16.5 Å². The molecule has 0 saturated heterocycles. The molecule has 0 atom stereocenters. The Bertz CT molecular complexity index is 520. The minimum atomic E-state index is -4.07. The van der Waals surface area contributed by atoms with Crippen LogP contribution in [0.2, 0.25) is 0 Å². The molecule has 1 rings (SSSR count). The lowest BCUT2D eigenvalue weighted by Crippen LogP contribution is -1.98. The van der Waals surface area contributed by atoms with Crippen molar-refractivity contribution in [2.24, 2.45) is 0 Å². The molecule has 0 saturated carbocycles. The van der Waals surface area contributed by atoms with Gasteiger partial charge in [0.25, 0.3) is 10.1 Å². The van der Waals surface area contributed by atoms with Crippen LogP contribution in [0.15, 0.2) is 29.2 Å². The Morgan fingerprint density at radius 3 is 1.54 bits per heavy atom.